The Bertz CT molecular complexity index is 1590. The number of anilines is 1. The molecule has 0 saturated carbocycles. The highest BCUT2D eigenvalue weighted by atomic mass is 35.5. The van der Waals surface area contributed by atoms with Crippen molar-refractivity contribution in [2.75, 3.05) is 4.72 Å². The standard InChI is InChI=1S/C23H20F2N4O4S.ClH/c24-17-10-18-19(11-20(17)34(31,32)28-22-6-2-5-21(25)27-22)33-23(30)29(18)12-14-4-1-3-13-7-8-15(26)9-16(13)14;/h1-6,10-11,15H,7-9,12,26H2,(H,27,28);1H/t15-;/m1./s1. The van der Waals surface area contributed by atoms with Gasteiger partial charge in [0, 0.05) is 18.2 Å². The van der Waals surface area contributed by atoms with Crippen molar-refractivity contribution in [2.24, 2.45) is 5.73 Å². The van der Waals surface area contributed by atoms with Crippen molar-refractivity contribution in [3.63, 3.8) is 0 Å². The zero-order valence-corrected chi connectivity index (χ0v) is 19.8. The lowest BCUT2D eigenvalue weighted by atomic mass is 9.85. The van der Waals surface area contributed by atoms with Gasteiger partial charge in [-0.25, -0.2) is 22.6 Å². The number of hydrogen-bond acceptors (Lipinski definition) is 6. The van der Waals surface area contributed by atoms with Crippen LogP contribution in [0.3, 0.4) is 0 Å². The molecule has 1 aliphatic carbocycles. The number of sulfonamides is 1. The van der Waals surface area contributed by atoms with E-state index in [2.05, 4.69) is 4.98 Å². The normalized spacial score (nSPS) is 15.5. The van der Waals surface area contributed by atoms with Crippen molar-refractivity contribution >= 4 is 39.3 Å². The maximum atomic E-state index is 15.0. The molecule has 0 fully saturated rings. The SMILES string of the molecule is Cl.N[C@@H]1CCc2cccc(Cn3c(=O)oc4cc(S(=O)(=O)Nc5cccc(F)n5)c(F)cc43)c2C1. The molecule has 5 rings (SSSR count). The second kappa shape index (κ2) is 9.40. The number of pyridine rings is 1. The summed E-state index contributed by atoms with van der Waals surface area (Å²) in [4.78, 5) is 15.3. The molecule has 4 aromatic rings. The summed E-state index contributed by atoms with van der Waals surface area (Å²) in [6, 6.07) is 11.2. The highest BCUT2D eigenvalue weighted by Gasteiger charge is 2.25. The Kier molecular flexibility index (Phi) is 6.67. The van der Waals surface area contributed by atoms with Crippen LogP contribution in [0.1, 0.15) is 23.1 Å². The van der Waals surface area contributed by atoms with Crippen molar-refractivity contribution in [3.05, 3.63) is 87.5 Å². The smallest absolute Gasteiger partial charge is 0.408 e. The first-order chi connectivity index (χ1) is 16.2. The number of aryl methyl sites for hydroxylation is 1. The van der Waals surface area contributed by atoms with Gasteiger partial charge in [-0.15, -0.1) is 12.4 Å². The molecular formula is C23H21ClF2N4O4S. The first-order valence-electron chi connectivity index (χ1n) is 10.5. The molecule has 3 N–H and O–H groups in total. The van der Waals surface area contributed by atoms with E-state index >= 15 is 0 Å². The molecule has 35 heavy (non-hydrogen) atoms. The number of rotatable bonds is 5. The molecule has 0 bridgehead atoms. The highest BCUT2D eigenvalue weighted by Crippen LogP contribution is 2.27. The predicted molar refractivity (Wildman–Crippen MR) is 128 cm³/mol. The minimum absolute atomic E-state index is 0. The van der Waals surface area contributed by atoms with Crippen LogP contribution in [0, 0.1) is 11.8 Å². The number of nitrogens with zero attached hydrogens (tertiary/aromatic N) is 2. The summed E-state index contributed by atoms with van der Waals surface area (Å²) in [5.74, 6) is -3.06. The third-order valence-electron chi connectivity index (χ3n) is 5.91. The van der Waals surface area contributed by atoms with E-state index in [9.17, 15) is 22.0 Å². The summed E-state index contributed by atoms with van der Waals surface area (Å²) in [6.07, 6.45) is 2.40. The van der Waals surface area contributed by atoms with Crippen molar-refractivity contribution in [1.82, 2.24) is 9.55 Å². The maximum absolute atomic E-state index is 15.0. The summed E-state index contributed by atoms with van der Waals surface area (Å²) >= 11 is 0. The van der Waals surface area contributed by atoms with Crippen molar-refractivity contribution in [2.45, 2.75) is 36.7 Å². The molecule has 0 aliphatic heterocycles. The Balaban J connectivity index is 0.00000289. The number of halogens is 3. The molecule has 2 aromatic carbocycles. The van der Waals surface area contributed by atoms with Crippen molar-refractivity contribution in [3.8, 4) is 0 Å². The molecule has 1 aliphatic rings. The van der Waals surface area contributed by atoms with Crippen LogP contribution in [-0.2, 0) is 29.4 Å². The van der Waals surface area contributed by atoms with E-state index in [-0.39, 0.29) is 41.9 Å². The van der Waals surface area contributed by atoms with Crippen LogP contribution in [0.15, 0.2) is 62.6 Å². The minimum Gasteiger partial charge on any atom is -0.408 e. The first-order valence-corrected chi connectivity index (χ1v) is 12.0. The lowest BCUT2D eigenvalue weighted by molar-refractivity contribution is 0.514. The molecule has 0 unspecified atom stereocenters. The topological polar surface area (TPSA) is 120 Å². The molecular weight excluding hydrogens is 502 g/mol. The number of benzene rings is 2. The summed E-state index contributed by atoms with van der Waals surface area (Å²) in [7, 11) is -4.47. The molecule has 184 valence electrons. The third kappa shape index (κ3) is 4.79. The highest BCUT2D eigenvalue weighted by molar-refractivity contribution is 7.92. The van der Waals surface area contributed by atoms with Crippen LogP contribution in [0.2, 0.25) is 0 Å². The van der Waals surface area contributed by atoms with E-state index in [1.165, 1.54) is 16.7 Å². The quantitative estimate of drug-likeness (QED) is 0.388. The Labute approximate surface area is 205 Å². The van der Waals surface area contributed by atoms with Gasteiger partial charge in [0.15, 0.2) is 5.58 Å². The fraction of sp³-hybridized carbons (Fsp3) is 0.217. The Hall–Kier alpha value is -3.28. The molecule has 1 atom stereocenters. The second-order valence-electron chi connectivity index (χ2n) is 8.21. The fourth-order valence-corrected chi connectivity index (χ4v) is 5.36. The average molecular weight is 523 g/mol. The van der Waals surface area contributed by atoms with E-state index in [1.807, 2.05) is 22.9 Å². The molecule has 2 heterocycles. The van der Waals surface area contributed by atoms with Crippen LogP contribution in [0.5, 0.6) is 0 Å². The van der Waals surface area contributed by atoms with Gasteiger partial charge in [0.05, 0.1) is 12.1 Å². The van der Waals surface area contributed by atoms with Crippen LogP contribution >= 0.6 is 12.4 Å². The number of hydrogen-bond donors (Lipinski definition) is 2. The second-order valence-corrected chi connectivity index (χ2v) is 9.86. The fourth-order valence-electron chi connectivity index (χ4n) is 4.29. The molecule has 12 heteroatoms. The first kappa shape index (κ1) is 24.8. The van der Waals surface area contributed by atoms with E-state index in [1.54, 1.807) is 0 Å². The van der Waals surface area contributed by atoms with E-state index in [0.29, 0.717) is 6.42 Å². The third-order valence-corrected chi connectivity index (χ3v) is 7.28. The largest absolute Gasteiger partial charge is 0.420 e. The summed E-state index contributed by atoms with van der Waals surface area (Å²) < 4.78 is 62.2. The predicted octanol–water partition coefficient (Wildman–Crippen LogP) is 3.35. The van der Waals surface area contributed by atoms with Gasteiger partial charge in [0.25, 0.3) is 10.0 Å². The summed E-state index contributed by atoms with van der Waals surface area (Å²) in [6.45, 7) is 0.124. The van der Waals surface area contributed by atoms with E-state index < -0.39 is 32.4 Å². The van der Waals surface area contributed by atoms with Gasteiger partial charge in [-0.3, -0.25) is 9.29 Å². The number of fused-ring (bicyclic) bond motifs is 2. The zero-order valence-electron chi connectivity index (χ0n) is 18.2. The Morgan fingerprint density at radius 3 is 2.71 bits per heavy atom. The molecule has 0 saturated heterocycles. The summed E-state index contributed by atoms with van der Waals surface area (Å²) in [5.41, 5.74) is 9.24. The van der Waals surface area contributed by atoms with Gasteiger partial charge in [-0.1, -0.05) is 24.3 Å². The van der Waals surface area contributed by atoms with Gasteiger partial charge in [-0.2, -0.15) is 4.39 Å². The van der Waals surface area contributed by atoms with Crippen LogP contribution < -0.4 is 16.2 Å². The number of oxazole rings is 1. The minimum atomic E-state index is -4.47. The number of nitrogens with two attached hydrogens (primary N) is 1. The molecule has 0 spiro atoms. The van der Waals surface area contributed by atoms with Crippen molar-refractivity contribution < 1.29 is 21.6 Å². The van der Waals surface area contributed by atoms with Gasteiger partial charge in [-0.05, 0) is 48.1 Å². The lowest BCUT2D eigenvalue weighted by Gasteiger charge is -2.24. The van der Waals surface area contributed by atoms with Crippen LogP contribution in [-0.4, -0.2) is 24.0 Å². The molecule has 0 amide bonds. The zero-order chi connectivity index (χ0) is 24.0. The van der Waals surface area contributed by atoms with Gasteiger partial charge >= 0.3 is 5.76 Å². The van der Waals surface area contributed by atoms with Crippen LogP contribution in [0.4, 0.5) is 14.6 Å². The molecule has 2 aromatic heterocycles. The lowest BCUT2D eigenvalue weighted by Crippen LogP contribution is -2.29. The van der Waals surface area contributed by atoms with Crippen molar-refractivity contribution in [1.29, 1.82) is 0 Å². The van der Waals surface area contributed by atoms with Crippen LogP contribution in [0.25, 0.3) is 11.1 Å². The number of aromatic nitrogens is 2. The van der Waals surface area contributed by atoms with E-state index in [4.69, 9.17) is 10.2 Å². The van der Waals surface area contributed by atoms with Gasteiger partial charge in [0.2, 0.25) is 5.95 Å². The monoisotopic (exact) mass is 522 g/mol. The average Bonchev–Trinajstić information content (AvgIpc) is 3.07. The summed E-state index contributed by atoms with van der Waals surface area (Å²) in [5, 5.41) is 0. The molecule has 0 radical (unpaired) electrons. The molecule has 8 nitrogen and oxygen atoms in total. The number of nitrogens with one attached hydrogen (secondary N) is 1. The maximum Gasteiger partial charge on any atom is 0.420 e. The van der Waals surface area contributed by atoms with E-state index in [0.717, 1.165) is 47.7 Å². The Morgan fingerprint density at radius 1 is 1.17 bits per heavy atom. The van der Waals surface area contributed by atoms with Gasteiger partial charge in [0.1, 0.15) is 16.5 Å². The van der Waals surface area contributed by atoms with Gasteiger partial charge < -0.3 is 10.2 Å². The Morgan fingerprint density at radius 2 is 1.94 bits per heavy atom.